The van der Waals surface area contributed by atoms with Crippen molar-refractivity contribution in [3.63, 3.8) is 0 Å². The number of hydrogen-bond acceptors (Lipinski definition) is 5. The minimum atomic E-state index is -0.691. The largest absolute Gasteiger partial charge is 0.457 e. The van der Waals surface area contributed by atoms with Gasteiger partial charge >= 0.3 is 5.97 Å². The molecule has 2 aromatic rings. The summed E-state index contributed by atoms with van der Waals surface area (Å²) in [7, 11) is 0. The monoisotopic (exact) mass is 427 g/mol. The van der Waals surface area contributed by atoms with Gasteiger partial charge in [0.2, 0.25) is 0 Å². The second-order valence-corrected chi connectivity index (χ2v) is 5.91. The number of hydrogen-bond donors (Lipinski definition) is 0. The third kappa shape index (κ3) is 3.22. The Bertz CT molecular complexity index is 932. The number of halogens is 1. The van der Waals surface area contributed by atoms with Gasteiger partial charge in [-0.3, -0.25) is 0 Å². The quantitative estimate of drug-likeness (QED) is 0.551. The zero-order valence-electron chi connectivity index (χ0n) is 12.6. The van der Waals surface area contributed by atoms with E-state index in [1.807, 2.05) is 48.5 Å². The van der Waals surface area contributed by atoms with Crippen molar-refractivity contribution in [2.75, 3.05) is 0 Å². The number of carbonyl (C=O) groups is 1. The van der Waals surface area contributed by atoms with Crippen molar-refractivity contribution in [1.29, 1.82) is 15.8 Å². The van der Waals surface area contributed by atoms with Gasteiger partial charge in [-0.15, -0.1) is 0 Å². The lowest BCUT2D eigenvalue weighted by Gasteiger charge is -2.13. The lowest BCUT2D eigenvalue weighted by atomic mass is 9.94. The van der Waals surface area contributed by atoms with Crippen molar-refractivity contribution in [3.05, 3.63) is 67.3 Å². The van der Waals surface area contributed by atoms with Gasteiger partial charge in [-0.05, 0) is 40.6 Å². The van der Waals surface area contributed by atoms with Gasteiger partial charge in [-0.25, -0.2) is 4.79 Å². The minimum absolute atomic E-state index is 0.0297. The van der Waals surface area contributed by atoms with Crippen LogP contribution in [-0.2, 0) is 11.3 Å². The summed E-state index contributed by atoms with van der Waals surface area (Å²) in [6.07, 6.45) is 0. The maximum absolute atomic E-state index is 12.5. The summed E-state index contributed by atoms with van der Waals surface area (Å²) in [5.41, 5.74) is 1.41. The molecule has 0 spiro atoms. The van der Waals surface area contributed by atoms with E-state index in [0.717, 1.165) is 5.56 Å². The first-order valence-corrected chi connectivity index (χ1v) is 7.90. The number of esters is 1. The van der Waals surface area contributed by atoms with Gasteiger partial charge in [0.15, 0.2) is 0 Å². The first-order chi connectivity index (χ1) is 11.5. The average molecular weight is 427 g/mol. The highest BCUT2D eigenvalue weighted by atomic mass is 127. The lowest BCUT2D eigenvalue weighted by molar-refractivity contribution is 0.0471. The average Bonchev–Trinajstić information content (AvgIpc) is 2.61. The van der Waals surface area contributed by atoms with Crippen LogP contribution >= 0.6 is 22.6 Å². The third-order valence-electron chi connectivity index (χ3n) is 3.44. The molecular formula is C18H10IN3O2. The second kappa shape index (κ2) is 7.59. The molecule has 5 nitrogen and oxygen atoms in total. The summed E-state index contributed by atoms with van der Waals surface area (Å²) in [4.78, 5) is 12.5. The molecule has 0 radical (unpaired) electrons. The number of ether oxygens (including phenoxy) is 1. The van der Waals surface area contributed by atoms with Gasteiger partial charge in [0, 0.05) is 3.57 Å². The fourth-order valence-corrected chi connectivity index (χ4v) is 3.10. The van der Waals surface area contributed by atoms with E-state index < -0.39 is 5.97 Å². The molecule has 0 aromatic heterocycles. The van der Waals surface area contributed by atoms with Crippen molar-refractivity contribution in [2.45, 2.75) is 13.5 Å². The summed E-state index contributed by atoms with van der Waals surface area (Å²) >= 11 is 1.80. The molecule has 0 saturated heterocycles. The predicted octanol–water partition coefficient (Wildman–Crippen LogP) is 3.57. The first kappa shape index (κ1) is 17.5. The molecule has 116 valence electrons. The van der Waals surface area contributed by atoms with E-state index in [2.05, 4.69) is 0 Å². The molecule has 0 aliphatic rings. The molecule has 0 N–H and O–H groups in total. The molecule has 0 fully saturated rings. The van der Waals surface area contributed by atoms with Crippen molar-refractivity contribution < 1.29 is 9.53 Å². The van der Waals surface area contributed by atoms with E-state index in [9.17, 15) is 20.6 Å². The zero-order valence-corrected chi connectivity index (χ0v) is 14.8. The molecule has 0 atom stereocenters. The molecule has 0 saturated carbocycles. The van der Waals surface area contributed by atoms with Crippen molar-refractivity contribution in [1.82, 2.24) is 0 Å². The number of nitriles is 3. The molecule has 2 rings (SSSR count). The van der Waals surface area contributed by atoms with E-state index in [1.165, 1.54) is 0 Å². The van der Waals surface area contributed by atoms with Crippen molar-refractivity contribution in [2.24, 2.45) is 0 Å². The van der Waals surface area contributed by atoms with E-state index in [0.29, 0.717) is 5.56 Å². The Kier molecular flexibility index (Phi) is 5.52. The number of rotatable bonds is 3. The molecular weight excluding hydrogens is 417 g/mol. The van der Waals surface area contributed by atoms with Crippen molar-refractivity contribution >= 4 is 28.6 Å². The Balaban J connectivity index is 2.48. The molecule has 0 unspecified atom stereocenters. The fraction of sp³-hybridized carbons (Fsp3) is 0.111. The number of carbonyl (C=O) groups excluding carboxylic acids is 1. The summed E-state index contributed by atoms with van der Waals surface area (Å²) in [6, 6.07) is 14.9. The maximum Gasteiger partial charge on any atom is 0.340 e. The van der Waals surface area contributed by atoms with Crippen LogP contribution in [0.4, 0.5) is 0 Å². The topological polar surface area (TPSA) is 97.7 Å². The Hall–Kier alpha value is -2.89. The number of nitrogens with zero attached hydrogens (tertiary/aromatic N) is 3. The van der Waals surface area contributed by atoms with E-state index in [1.54, 1.807) is 29.5 Å². The standard InChI is InChI=1S/C18H10IN3O2/c1-11-13(7-20)15(9-22)17(19)16(14(11)8-21)18(23)24-10-12-5-3-2-4-6-12/h2-6H,10H2,1H3. The van der Waals surface area contributed by atoms with E-state index in [-0.39, 0.29) is 32.4 Å². The Morgan fingerprint density at radius 3 is 2.17 bits per heavy atom. The second-order valence-electron chi connectivity index (χ2n) is 4.84. The van der Waals surface area contributed by atoms with Gasteiger partial charge in [0.05, 0.1) is 22.3 Å². The summed E-state index contributed by atoms with van der Waals surface area (Å²) in [6.45, 7) is 1.60. The van der Waals surface area contributed by atoms with Crippen LogP contribution in [0.3, 0.4) is 0 Å². The van der Waals surface area contributed by atoms with Crippen LogP contribution in [-0.4, -0.2) is 5.97 Å². The predicted molar refractivity (Wildman–Crippen MR) is 93.6 cm³/mol. The van der Waals surface area contributed by atoms with Crippen LogP contribution in [0.1, 0.15) is 38.2 Å². The van der Waals surface area contributed by atoms with Crippen LogP contribution in [0.25, 0.3) is 0 Å². The normalized spacial score (nSPS) is 9.46. The lowest BCUT2D eigenvalue weighted by Crippen LogP contribution is -2.13. The molecule has 0 bridgehead atoms. The SMILES string of the molecule is Cc1c(C#N)c(C#N)c(I)c(C(=O)OCc2ccccc2)c1C#N. The first-order valence-electron chi connectivity index (χ1n) is 6.82. The van der Waals surface area contributed by atoms with Gasteiger partial charge in [-0.1, -0.05) is 30.3 Å². The van der Waals surface area contributed by atoms with E-state index >= 15 is 0 Å². The van der Waals surface area contributed by atoms with Crippen LogP contribution < -0.4 is 0 Å². The summed E-state index contributed by atoms with van der Waals surface area (Å²) < 4.78 is 5.53. The maximum atomic E-state index is 12.5. The van der Waals surface area contributed by atoms with Crippen LogP contribution in [0.2, 0.25) is 0 Å². The smallest absolute Gasteiger partial charge is 0.340 e. The Labute approximate surface area is 152 Å². The molecule has 6 heteroatoms. The van der Waals surface area contributed by atoms with Crippen LogP contribution in [0, 0.1) is 44.5 Å². The summed E-state index contributed by atoms with van der Waals surface area (Å²) in [5.74, 6) is -0.691. The number of benzene rings is 2. The Morgan fingerprint density at radius 2 is 1.62 bits per heavy atom. The minimum Gasteiger partial charge on any atom is -0.457 e. The van der Waals surface area contributed by atoms with Gasteiger partial charge < -0.3 is 4.74 Å². The van der Waals surface area contributed by atoms with Crippen LogP contribution in [0.5, 0.6) is 0 Å². The highest BCUT2D eigenvalue weighted by Crippen LogP contribution is 2.29. The summed E-state index contributed by atoms with van der Waals surface area (Å²) in [5, 5.41) is 27.9. The highest BCUT2D eigenvalue weighted by Gasteiger charge is 2.26. The molecule has 0 heterocycles. The van der Waals surface area contributed by atoms with E-state index in [4.69, 9.17) is 4.74 Å². The highest BCUT2D eigenvalue weighted by molar-refractivity contribution is 14.1. The van der Waals surface area contributed by atoms with Crippen LogP contribution in [0.15, 0.2) is 30.3 Å². The van der Waals surface area contributed by atoms with Gasteiger partial charge in [-0.2, -0.15) is 15.8 Å². The molecule has 0 aliphatic carbocycles. The van der Waals surface area contributed by atoms with Crippen molar-refractivity contribution in [3.8, 4) is 18.2 Å². The third-order valence-corrected chi connectivity index (χ3v) is 4.52. The molecule has 0 amide bonds. The van der Waals surface area contributed by atoms with Gasteiger partial charge in [0.1, 0.15) is 24.8 Å². The molecule has 2 aromatic carbocycles. The Morgan fingerprint density at radius 1 is 1.04 bits per heavy atom. The zero-order chi connectivity index (χ0) is 17.7. The fourth-order valence-electron chi connectivity index (χ4n) is 2.22. The molecule has 24 heavy (non-hydrogen) atoms. The van der Waals surface area contributed by atoms with Gasteiger partial charge in [0.25, 0.3) is 0 Å². The molecule has 0 aliphatic heterocycles.